The molecule has 1 aliphatic heterocycles. The van der Waals surface area contributed by atoms with E-state index in [2.05, 4.69) is 9.26 Å². The summed E-state index contributed by atoms with van der Waals surface area (Å²) in [6.07, 6.45) is -8.89. The molecule has 0 radical (unpaired) electrons. The molecule has 96 valence electrons. The number of hydrogen-bond donors (Lipinski definition) is 3. The molecule has 0 saturated carbocycles. The fraction of sp³-hybridized carbons (Fsp3) is 1.00. The third-order valence-corrected chi connectivity index (χ3v) is 2.53. The first kappa shape index (κ1) is 26.8. The summed E-state index contributed by atoms with van der Waals surface area (Å²) in [7, 11) is -5.43. The summed E-state index contributed by atoms with van der Waals surface area (Å²) in [6.45, 7) is -0.993. The Labute approximate surface area is 175 Å². The van der Waals surface area contributed by atoms with Crippen LogP contribution in [0.1, 0.15) is 0 Å². The van der Waals surface area contributed by atoms with Crippen molar-refractivity contribution in [2.24, 2.45) is 0 Å². The van der Waals surface area contributed by atoms with Crippen molar-refractivity contribution >= 4 is 7.82 Å². The zero-order chi connectivity index (χ0) is 12.5. The predicted molar refractivity (Wildman–Crippen MR) is 40.2 cm³/mol. The minimum atomic E-state index is -5.43. The standard InChI is InChI=1S/C6H12O9P.3Na/c7-1-2-3(8)4(9)5(10)6(14-2)15-16(11,12)13;;;/h2-6,8-10H,1H2,(H2,11,12,13);;;/q-1;3*+1/p-2/t2-,3-,4+,5-,6-;;;/m1.../s1. The minimum absolute atomic E-state index is 0. The topological polar surface area (TPSA) is 165 Å². The number of aliphatic hydroxyl groups is 3. The van der Waals surface area contributed by atoms with Crippen LogP contribution in [-0.2, 0) is 13.8 Å². The molecule has 9 nitrogen and oxygen atoms in total. The van der Waals surface area contributed by atoms with Crippen LogP contribution in [0.4, 0.5) is 0 Å². The van der Waals surface area contributed by atoms with E-state index < -0.39 is 45.1 Å². The average Bonchev–Trinajstić information content (AvgIpc) is 2.17. The molecule has 0 spiro atoms. The number of ether oxygens (including phenoxy) is 1. The average molecular weight is 326 g/mol. The Morgan fingerprint density at radius 3 is 1.89 bits per heavy atom. The van der Waals surface area contributed by atoms with Gasteiger partial charge in [0.2, 0.25) is 0 Å². The van der Waals surface area contributed by atoms with Gasteiger partial charge >= 0.3 is 88.7 Å². The normalized spacial score (nSPS) is 34.5. The largest absolute Gasteiger partial charge is 1.00 e. The summed E-state index contributed by atoms with van der Waals surface area (Å²) in [5.41, 5.74) is 0. The van der Waals surface area contributed by atoms with E-state index in [0.29, 0.717) is 0 Å². The summed E-state index contributed by atoms with van der Waals surface area (Å²) in [4.78, 5) is 20.5. The minimum Gasteiger partial charge on any atom is -0.853 e. The van der Waals surface area contributed by atoms with Gasteiger partial charge < -0.3 is 44.0 Å². The number of hydrogen-bond acceptors (Lipinski definition) is 9. The van der Waals surface area contributed by atoms with Crippen LogP contribution in [0, 0.1) is 0 Å². The molecule has 1 heterocycles. The fourth-order valence-corrected chi connectivity index (χ4v) is 1.70. The molecule has 0 aromatic rings. The molecule has 0 aromatic heterocycles. The van der Waals surface area contributed by atoms with E-state index in [1.54, 1.807) is 0 Å². The van der Waals surface area contributed by atoms with E-state index in [0.717, 1.165) is 0 Å². The van der Waals surface area contributed by atoms with Crippen molar-refractivity contribution < 1.29 is 133 Å². The summed E-state index contributed by atoms with van der Waals surface area (Å²) in [5, 5.41) is 38.2. The van der Waals surface area contributed by atoms with Crippen LogP contribution in [0.2, 0.25) is 0 Å². The number of rotatable bonds is 3. The summed E-state index contributed by atoms with van der Waals surface area (Å²) in [5.74, 6) is 0. The first-order valence-corrected chi connectivity index (χ1v) is 5.70. The molecule has 1 aliphatic rings. The van der Waals surface area contributed by atoms with Gasteiger partial charge in [0.15, 0.2) is 6.29 Å². The molecule has 1 saturated heterocycles. The molecule has 0 aromatic carbocycles. The number of phosphoric acid groups is 1. The molecule has 0 amide bonds. The summed E-state index contributed by atoms with van der Waals surface area (Å²) < 4.78 is 18.6. The van der Waals surface area contributed by atoms with E-state index in [9.17, 15) is 34.8 Å². The van der Waals surface area contributed by atoms with Gasteiger partial charge in [-0.3, -0.25) is 0 Å². The molecule has 1 rings (SSSR count). The van der Waals surface area contributed by atoms with Gasteiger partial charge in [0, 0.05) is 0 Å². The Morgan fingerprint density at radius 1 is 1.05 bits per heavy atom. The molecule has 0 aliphatic carbocycles. The zero-order valence-corrected chi connectivity index (χ0v) is 17.7. The van der Waals surface area contributed by atoms with Crippen molar-refractivity contribution in [1.82, 2.24) is 0 Å². The molecule has 0 unspecified atom stereocenters. The Balaban J connectivity index is -0.000000853. The maximum absolute atomic E-state index is 10.5. The van der Waals surface area contributed by atoms with Crippen molar-refractivity contribution in [1.29, 1.82) is 0 Å². The van der Waals surface area contributed by atoms with Crippen LogP contribution in [0.25, 0.3) is 0 Å². The molecule has 1 fully saturated rings. The Kier molecular flexibility index (Phi) is 16.1. The number of aliphatic hydroxyl groups excluding tert-OH is 3. The second kappa shape index (κ2) is 11.4. The second-order valence-corrected chi connectivity index (χ2v) is 4.34. The van der Waals surface area contributed by atoms with Gasteiger partial charge in [-0.25, -0.2) is 0 Å². The van der Waals surface area contributed by atoms with Gasteiger partial charge in [-0.05, 0) is 0 Å². The van der Waals surface area contributed by atoms with Crippen LogP contribution >= 0.6 is 7.82 Å². The molecule has 0 bridgehead atoms. The Hall–Kier alpha value is 2.91. The van der Waals surface area contributed by atoms with Crippen molar-refractivity contribution in [3.63, 3.8) is 0 Å². The first-order valence-electron chi connectivity index (χ1n) is 4.24. The van der Waals surface area contributed by atoms with Gasteiger partial charge in [0.05, 0.1) is 13.9 Å². The number of phosphoric ester groups is 1. The molecular weight excluding hydrogens is 316 g/mol. The van der Waals surface area contributed by atoms with Crippen molar-refractivity contribution in [2.75, 3.05) is 6.61 Å². The Bertz CT molecular complexity index is 287. The smallest absolute Gasteiger partial charge is 0.853 e. The van der Waals surface area contributed by atoms with Crippen molar-refractivity contribution in [3.05, 3.63) is 0 Å². The van der Waals surface area contributed by atoms with Gasteiger partial charge in [0.25, 0.3) is 0 Å². The molecule has 13 heteroatoms. The fourth-order valence-electron chi connectivity index (χ4n) is 1.27. The van der Waals surface area contributed by atoms with Gasteiger partial charge in [-0.15, -0.1) is 6.61 Å². The zero-order valence-electron chi connectivity index (χ0n) is 10.8. The van der Waals surface area contributed by atoms with Crippen molar-refractivity contribution in [2.45, 2.75) is 30.7 Å². The van der Waals surface area contributed by atoms with Gasteiger partial charge in [0.1, 0.15) is 18.3 Å². The maximum Gasteiger partial charge on any atom is 1.00 e. The van der Waals surface area contributed by atoms with Crippen LogP contribution in [0.3, 0.4) is 0 Å². The van der Waals surface area contributed by atoms with Crippen LogP contribution in [-0.4, -0.2) is 52.6 Å². The SMILES string of the molecule is O=P([O-])([O-])O[C@H]1O[C@H](C[O-])[C@@H](O)[C@H](O)[C@H]1O.[Na+].[Na+].[Na+]. The molecule has 19 heavy (non-hydrogen) atoms. The first-order chi connectivity index (χ1) is 7.26. The summed E-state index contributed by atoms with van der Waals surface area (Å²) in [6, 6.07) is 0. The quantitative estimate of drug-likeness (QED) is 0.337. The third kappa shape index (κ3) is 8.36. The summed E-state index contributed by atoms with van der Waals surface area (Å²) >= 11 is 0. The van der Waals surface area contributed by atoms with Gasteiger partial charge in [-0.2, -0.15) is 0 Å². The molecular formula is C6H10Na3O9P. The van der Waals surface area contributed by atoms with Crippen molar-refractivity contribution in [3.8, 4) is 0 Å². The van der Waals surface area contributed by atoms with Crippen LogP contribution < -0.4 is 104 Å². The maximum atomic E-state index is 10.5. The van der Waals surface area contributed by atoms with E-state index in [-0.39, 0.29) is 88.7 Å². The van der Waals surface area contributed by atoms with E-state index >= 15 is 0 Å². The van der Waals surface area contributed by atoms with Gasteiger partial charge in [-0.1, -0.05) is 0 Å². The molecule has 5 atom stereocenters. The van der Waals surface area contributed by atoms with Crippen LogP contribution in [0.15, 0.2) is 0 Å². The molecule has 3 N–H and O–H groups in total. The second-order valence-electron chi connectivity index (χ2n) is 3.23. The van der Waals surface area contributed by atoms with E-state index in [4.69, 9.17) is 0 Å². The van der Waals surface area contributed by atoms with E-state index in [1.807, 2.05) is 0 Å². The monoisotopic (exact) mass is 326 g/mol. The van der Waals surface area contributed by atoms with Crippen LogP contribution in [0.5, 0.6) is 0 Å². The predicted octanol–water partition coefficient (Wildman–Crippen LogP) is -14.0. The third-order valence-electron chi connectivity index (χ3n) is 2.07. The Morgan fingerprint density at radius 2 is 1.53 bits per heavy atom. The van der Waals surface area contributed by atoms with E-state index in [1.165, 1.54) is 0 Å².